The Morgan fingerprint density at radius 1 is 1.46 bits per heavy atom. The molecule has 0 aliphatic heterocycles. The maximum atomic E-state index is 11.4. The maximum absolute atomic E-state index is 11.4. The number of halogens is 1. The number of esters is 1. The van der Waals surface area contributed by atoms with Crippen LogP contribution in [0.5, 0.6) is 0 Å². The number of hydrogen-bond acceptors (Lipinski definition) is 2. The van der Waals surface area contributed by atoms with Gasteiger partial charge >= 0.3 is 5.97 Å². The monoisotopic (exact) mass is 206 g/mol. The molecule has 0 saturated carbocycles. The van der Waals surface area contributed by atoms with Crippen molar-refractivity contribution in [3.63, 3.8) is 0 Å². The number of carbonyl (C=O) groups is 1. The first-order chi connectivity index (χ1) is 6.11. The largest absolute Gasteiger partial charge is 0.464 e. The van der Waals surface area contributed by atoms with Gasteiger partial charge in [0.15, 0.2) is 0 Å². The van der Waals surface area contributed by atoms with Crippen LogP contribution in [0, 0.1) is 11.8 Å². The molecule has 0 amide bonds. The summed E-state index contributed by atoms with van der Waals surface area (Å²) >= 11 is 5.42. The third-order valence-corrected chi connectivity index (χ3v) is 2.06. The molecule has 0 fully saturated rings. The Balaban J connectivity index is 3.85. The fourth-order valence-electron chi connectivity index (χ4n) is 1.26. The highest BCUT2D eigenvalue weighted by Crippen LogP contribution is 2.16. The second-order valence-corrected chi connectivity index (χ2v) is 3.97. The van der Waals surface area contributed by atoms with Gasteiger partial charge in [-0.2, -0.15) is 0 Å². The normalized spacial score (nSPS) is 13.0. The topological polar surface area (TPSA) is 26.3 Å². The molecule has 0 bridgehead atoms. The first kappa shape index (κ1) is 12.8. The molecule has 0 N–H and O–H groups in total. The fraction of sp³-hybridized carbons (Fsp3) is 0.900. The van der Waals surface area contributed by atoms with Crippen molar-refractivity contribution in [2.24, 2.45) is 11.8 Å². The SMILES string of the molecule is CCC(CC(C)C)C(=O)OCCCl. The Morgan fingerprint density at radius 3 is 2.46 bits per heavy atom. The second kappa shape index (κ2) is 7.19. The summed E-state index contributed by atoms with van der Waals surface area (Å²) in [6, 6.07) is 0. The highest BCUT2D eigenvalue weighted by molar-refractivity contribution is 6.18. The van der Waals surface area contributed by atoms with E-state index in [-0.39, 0.29) is 11.9 Å². The van der Waals surface area contributed by atoms with Crippen molar-refractivity contribution in [2.45, 2.75) is 33.6 Å². The van der Waals surface area contributed by atoms with Crippen LogP contribution in [0.15, 0.2) is 0 Å². The lowest BCUT2D eigenvalue weighted by Gasteiger charge is -2.15. The third kappa shape index (κ3) is 5.92. The smallest absolute Gasteiger partial charge is 0.308 e. The number of rotatable bonds is 6. The molecule has 1 unspecified atom stereocenters. The lowest BCUT2D eigenvalue weighted by Crippen LogP contribution is -2.19. The predicted molar refractivity (Wildman–Crippen MR) is 54.9 cm³/mol. The Hall–Kier alpha value is -0.240. The molecule has 78 valence electrons. The molecule has 13 heavy (non-hydrogen) atoms. The van der Waals surface area contributed by atoms with Crippen LogP contribution >= 0.6 is 11.6 Å². The molecular weight excluding hydrogens is 188 g/mol. The van der Waals surface area contributed by atoms with Gasteiger partial charge in [0.1, 0.15) is 6.61 Å². The predicted octanol–water partition coefficient (Wildman–Crippen LogP) is 2.84. The van der Waals surface area contributed by atoms with Crippen LogP contribution in [0.2, 0.25) is 0 Å². The molecule has 0 aliphatic rings. The Labute approximate surface area is 85.6 Å². The lowest BCUT2D eigenvalue weighted by molar-refractivity contribution is -0.148. The number of ether oxygens (including phenoxy) is 1. The van der Waals surface area contributed by atoms with Gasteiger partial charge in [-0.15, -0.1) is 11.6 Å². The van der Waals surface area contributed by atoms with Gasteiger partial charge in [0.05, 0.1) is 11.8 Å². The molecule has 0 aromatic rings. The first-order valence-electron chi connectivity index (χ1n) is 4.84. The highest BCUT2D eigenvalue weighted by Gasteiger charge is 2.18. The van der Waals surface area contributed by atoms with Crippen LogP contribution in [-0.2, 0) is 9.53 Å². The molecule has 1 atom stereocenters. The molecule has 0 rings (SSSR count). The minimum Gasteiger partial charge on any atom is -0.464 e. The quantitative estimate of drug-likeness (QED) is 0.494. The van der Waals surface area contributed by atoms with Crippen LogP contribution in [-0.4, -0.2) is 18.5 Å². The summed E-state index contributed by atoms with van der Waals surface area (Å²) in [5, 5.41) is 0. The van der Waals surface area contributed by atoms with Gasteiger partial charge in [-0.25, -0.2) is 0 Å². The fourth-order valence-corrected chi connectivity index (χ4v) is 1.33. The zero-order valence-electron chi connectivity index (χ0n) is 8.68. The maximum Gasteiger partial charge on any atom is 0.308 e. The Bertz CT molecular complexity index is 146. The Morgan fingerprint density at radius 2 is 2.08 bits per heavy atom. The van der Waals surface area contributed by atoms with Crippen molar-refractivity contribution < 1.29 is 9.53 Å². The van der Waals surface area contributed by atoms with E-state index in [2.05, 4.69) is 13.8 Å². The van der Waals surface area contributed by atoms with E-state index in [1.165, 1.54) is 0 Å². The van der Waals surface area contributed by atoms with Gasteiger partial charge in [-0.1, -0.05) is 20.8 Å². The standard InChI is InChI=1S/C10H19ClO2/c1-4-9(7-8(2)3)10(12)13-6-5-11/h8-9H,4-7H2,1-3H3. The minimum absolute atomic E-state index is 0.0446. The van der Waals surface area contributed by atoms with Crippen LogP contribution in [0.1, 0.15) is 33.6 Å². The van der Waals surface area contributed by atoms with Gasteiger partial charge in [0.25, 0.3) is 0 Å². The van der Waals surface area contributed by atoms with Crippen LogP contribution in [0.25, 0.3) is 0 Å². The molecular formula is C10H19ClO2. The van der Waals surface area contributed by atoms with Crippen molar-refractivity contribution in [3.8, 4) is 0 Å². The van der Waals surface area contributed by atoms with E-state index in [0.29, 0.717) is 18.4 Å². The molecule has 0 aromatic heterocycles. The van der Waals surface area contributed by atoms with E-state index in [1.807, 2.05) is 6.92 Å². The van der Waals surface area contributed by atoms with Gasteiger partial charge in [-0.05, 0) is 18.8 Å². The van der Waals surface area contributed by atoms with Crippen LogP contribution in [0.3, 0.4) is 0 Å². The number of carbonyl (C=O) groups excluding carboxylic acids is 1. The number of alkyl halides is 1. The van der Waals surface area contributed by atoms with Gasteiger partial charge in [-0.3, -0.25) is 4.79 Å². The van der Waals surface area contributed by atoms with Crippen LogP contribution < -0.4 is 0 Å². The third-order valence-electron chi connectivity index (χ3n) is 1.90. The molecule has 3 heteroatoms. The molecule has 0 saturated heterocycles. The summed E-state index contributed by atoms with van der Waals surface area (Å²) in [5.74, 6) is 0.859. The van der Waals surface area contributed by atoms with E-state index in [0.717, 1.165) is 12.8 Å². The first-order valence-corrected chi connectivity index (χ1v) is 5.37. The summed E-state index contributed by atoms with van der Waals surface area (Å²) in [6.45, 7) is 6.55. The number of hydrogen-bond donors (Lipinski definition) is 0. The molecule has 0 aromatic carbocycles. The average Bonchev–Trinajstić information content (AvgIpc) is 2.09. The molecule has 2 nitrogen and oxygen atoms in total. The van der Waals surface area contributed by atoms with Crippen LogP contribution in [0.4, 0.5) is 0 Å². The summed E-state index contributed by atoms with van der Waals surface area (Å²) in [4.78, 5) is 11.4. The van der Waals surface area contributed by atoms with E-state index >= 15 is 0 Å². The summed E-state index contributed by atoms with van der Waals surface area (Å²) in [7, 11) is 0. The lowest BCUT2D eigenvalue weighted by atomic mass is 9.95. The molecule has 0 heterocycles. The van der Waals surface area contributed by atoms with Crippen molar-refractivity contribution in [2.75, 3.05) is 12.5 Å². The van der Waals surface area contributed by atoms with Crippen molar-refractivity contribution in [1.82, 2.24) is 0 Å². The molecule has 0 spiro atoms. The van der Waals surface area contributed by atoms with E-state index in [4.69, 9.17) is 16.3 Å². The van der Waals surface area contributed by atoms with E-state index in [9.17, 15) is 4.79 Å². The van der Waals surface area contributed by atoms with Crippen molar-refractivity contribution >= 4 is 17.6 Å². The molecule has 0 aliphatic carbocycles. The Kier molecular flexibility index (Phi) is 7.06. The summed E-state index contributed by atoms with van der Waals surface area (Å²) in [6.07, 6.45) is 1.75. The zero-order chi connectivity index (χ0) is 10.3. The van der Waals surface area contributed by atoms with Crippen molar-refractivity contribution in [1.29, 1.82) is 0 Å². The average molecular weight is 207 g/mol. The van der Waals surface area contributed by atoms with Gasteiger partial charge < -0.3 is 4.74 Å². The minimum atomic E-state index is -0.100. The summed E-state index contributed by atoms with van der Waals surface area (Å²) < 4.78 is 4.97. The van der Waals surface area contributed by atoms with E-state index in [1.54, 1.807) is 0 Å². The van der Waals surface area contributed by atoms with Crippen molar-refractivity contribution in [3.05, 3.63) is 0 Å². The van der Waals surface area contributed by atoms with Gasteiger partial charge in [0.2, 0.25) is 0 Å². The molecule has 0 radical (unpaired) electrons. The summed E-state index contributed by atoms with van der Waals surface area (Å²) in [5.41, 5.74) is 0. The van der Waals surface area contributed by atoms with Gasteiger partial charge in [0, 0.05) is 0 Å². The van der Waals surface area contributed by atoms with E-state index < -0.39 is 0 Å². The highest BCUT2D eigenvalue weighted by atomic mass is 35.5. The second-order valence-electron chi connectivity index (χ2n) is 3.59. The zero-order valence-corrected chi connectivity index (χ0v) is 9.43.